The first-order valence-corrected chi connectivity index (χ1v) is 12.5. The molecule has 32 heavy (non-hydrogen) atoms. The summed E-state index contributed by atoms with van der Waals surface area (Å²) in [5.74, 6) is -0.312. The van der Waals surface area contributed by atoms with E-state index in [9.17, 15) is 9.59 Å². The van der Waals surface area contributed by atoms with Gasteiger partial charge in [0, 0.05) is 43.8 Å². The number of hydrogen-bond acceptors (Lipinski definition) is 7. The van der Waals surface area contributed by atoms with Crippen molar-refractivity contribution in [3.05, 3.63) is 63.3 Å². The maximum Gasteiger partial charge on any atom is 0.267 e. The number of nitrogens with zero attached hydrogens (tertiary/aromatic N) is 3. The Kier molecular flexibility index (Phi) is 7.64. The number of amides is 2. The van der Waals surface area contributed by atoms with Crippen LogP contribution in [0.2, 0.25) is 0 Å². The van der Waals surface area contributed by atoms with Crippen LogP contribution in [0.15, 0.2) is 47.2 Å². The van der Waals surface area contributed by atoms with Gasteiger partial charge in [0.1, 0.15) is 0 Å². The molecule has 2 aromatic heterocycles. The Labute approximate surface area is 196 Å². The number of thiophene rings is 1. The van der Waals surface area contributed by atoms with E-state index in [1.807, 2.05) is 23.6 Å². The molecule has 0 atom stereocenters. The van der Waals surface area contributed by atoms with Gasteiger partial charge >= 0.3 is 0 Å². The molecule has 1 aliphatic heterocycles. The van der Waals surface area contributed by atoms with Crippen LogP contribution in [0.5, 0.6) is 0 Å². The molecular formula is C23H27N5O2S2. The minimum atomic E-state index is -0.183. The highest BCUT2D eigenvalue weighted by Crippen LogP contribution is 2.19. The van der Waals surface area contributed by atoms with E-state index in [-0.39, 0.29) is 18.2 Å². The molecule has 168 valence electrons. The Bertz CT molecular complexity index is 1030. The van der Waals surface area contributed by atoms with E-state index >= 15 is 0 Å². The summed E-state index contributed by atoms with van der Waals surface area (Å²) in [6.07, 6.45) is 0.162. The first-order valence-electron chi connectivity index (χ1n) is 10.7. The average molecular weight is 470 g/mol. The van der Waals surface area contributed by atoms with Gasteiger partial charge in [-0.15, -0.1) is 22.7 Å². The number of likely N-dealkylation sites (N-methyl/N-ethyl adjacent to an activating group) is 1. The van der Waals surface area contributed by atoms with Crippen molar-refractivity contribution in [2.45, 2.75) is 19.9 Å². The maximum absolute atomic E-state index is 12.4. The second kappa shape index (κ2) is 10.8. The van der Waals surface area contributed by atoms with Crippen LogP contribution in [-0.2, 0) is 17.8 Å². The Morgan fingerprint density at radius 1 is 1.00 bits per heavy atom. The lowest BCUT2D eigenvalue weighted by Gasteiger charge is -2.34. The topological polar surface area (TPSA) is 77.6 Å². The summed E-state index contributed by atoms with van der Waals surface area (Å²) in [5.41, 5.74) is 2.66. The van der Waals surface area contributed by atoms with Gasteiger partial charge < -0.3 is 10.2 Å². The van der Waals surface area contributed by atoms with Crippen molar-refractivity contribution in [3.8, 4) is 0 Å². The fourth-order valence-corrected chi connectivity index (χ4v) is 4.92. The molecule has 1 aromatic carbocycles. The third-order valence-corrected chi connectivity index (χ3v) is 7.09. The minimum absolute atomic E-state index is 0.130. The summed E-state index contributed by atoms with van der Waals surface area (Å²) in [6.45, 7) is 8.70. The van der Waals surface area contributed by atoms with Gasteiger partial charge in [-0.3, -0.25) is 19.8 Å². The van der Waals surface area contributed by atoms with Gasteiger partial charge in [-0.05, 0) is 35.7 Å². The lowest BCUT2D eigenvalue weighted by atomic mass is 10.1. The van der Waals surface area contributed by atoms with E-state index < -0.39 is 0 Å². The number of benzene rings is 1. The van der Waals surface area contributed by atoms with Crippen LogP contribution >= 0.6 is 22.7 Å². The molecule has 3 aromatic rings. The number of nitrogens with one attached hydrogen (secondary N) is 2. The normalized spacial score (nSPS) is 14.9. The van der Waals surface area contributed by atoms with Gasteiger partial charge in [-0.1, -0.05) is 25.1 Å². The van der Waals surface area contributed by atoms with Crippen LogP contribution in [-0.4, -0.2) is 59.3 Å². The quantitative estimate of drug-likeness (QED) is 0.525. The highest BCUT2D eigenvalue weighted by Gasteiger charge is 2.16. The summed E-state index contributed by atoms with van der Waals surface area (Å²) >= 11 is 2.69. The van der Waals surface area contributed by atoms with Gasteiger partial charge in [0.15, 0.2) is 5.13 Å². The van der Waals surface area contributed by atoms with E-state index in [1.54, 1.807) is 11.4 Å². The average Bonchev–Trinajstić information content (AvgIpc) is 3.48. The van der Waals surface area contributed by atoms with Crippen molar-refractivity contribution in [1.82, 2.24) is 14.8 Å². The number of hydrogen-bond donors (Lipinski definition) is 2. The lowest BCUT2D eigenvalue weighted by Crippen LogP contribution is -2.45. The summed E-state index contributed by atoms with van der Waals surface area (Å²) < 4.78 is 0. The summed E-state index contributed by atoms with van der Waals surface area (Å²) in [6, 6.07) is 11.6. The van der Waals surface area contributed by atoms with Crippen molar-refractivity contribution < 1.29 is 9.59 Å². The number of piperazine rings is 1. The highest BCUT2D eigenvalue weighted by molar-refractivity contribution is 7.14. The second-order valence-electron chi connectivity index (χ2n) is 7.71. The zero-order valence-corrected chi connectivity index (χ0v) is 19.7. The molecular weight excluding hydrogens is 442 g/mol. The van der Waals surface area contributed by atoms with E-state index in [0.717, 1.165) is 45.0 Å². The number of carbonyl (C=O) groups excluding carboxylic acids is 2. The minimum Gasteiger partial charge on any atom is -0.326 e. The van der Waals surface area contributed by atoms with Crippen LogP contribution in [0.3, 0.4) is 0 Å². The molecule has 2 amide bonds. The maximum atomic E-state index is 12.4. The Balaban J connectivity index is 1.24. The number of thiazole rings is 1. The number of anilines is 2. The molecule has 1 saturated heterocycles. The van der Waals surface area contributed by atoms with Gasteiger partial charge in [0.25, 0.3) is 5.91 Å². The standard InChI is InChI=1S/C23H27N5O2S2/c1-2-27-9-11-28(12-10-27)15-17-5-7-18(8-6-17)24-21(29)14-19-16-32-23(25-19)26-22(30)20-4-3-13-31-20/h3-8,13,16H,2,9-12,14-15H2,1H3,(H,24,29)(H,25,26,30). The zero-order chi connectivity index (χ0) is 22.3. The largest absolute Gasteiger partial charge is 0.326 e. The third-order valence-electron chi connectivity index (χ3n) is 5.41. The zero-order valence-electron chi connectivity index (χ0n) is 18.0. The van der Waals surface area contributed by atoms with Crippen LogP contribution in [0.4, 0.5) is 10.8 Å². The number of aromatic nitrogens is 1. The van der Waals surface area contributed by atoms with Gasteiger partial charge in [0.05, 0.1) is 17.0 Å². The van der Waals surface area contributed by atoms with Crippen molar-refractivity contribution in [1.29, 1.82) is 0 Å². The third kappa shape index (κ3) is 6.23. The number of rotatable bonds is 8. The molecule has 9 heteroatoms. The summed E-state index contributed by atoms with van der Waals surface area (Å²) in [4.78, 5) is 34.5. The second-order valence-corrected chi connectivity index (χ2v) is 9.51. The molecule has 3 heterocycles. The molecule has 0 aliphatic carbocycles. The first kappa shape index (κ1) is 22.6. The lowest BCUT2D eigenvalue weighted by molar-refractivity contribution is -0.115. The fraction of sp³-hybridized carbons (Fsp3) is 0.348. The van der Waals surface area contributed by atoms with Crippen LogP contribution < -0.4 is 10.6 Å². The molecule has 2 N–H and O–H groups in total. The van der Waals surface area contributed by atoms with Crippen LogP contribution in [0.1, 0.15) is 27.9 Å². The highest BCUT2D eigenvalue weighted by atomic mass is 32.1. The van der Waals surface area contributed by atoms with E-state index in [2.05, 4.69) is 44.5 Å². The smallest absolute Gasteiger partial charge is 0.267 e. The molecule has 0 saturated carbocycles. The Morgan fingerprint density at radius 3 is 2.44 bits per heavy atom. The Hall–Kier alpha value is -2.59. The van der Waals surface area contributed by atoms with E-state index in [1.165, 1.54) is 28.2 Å². The summed E-state index contributed by atoms with van der Waals surface area (Å²) in [7, 11) is 0. The molecule has 0 spiro atoms. The Morgan fingerprint density at radius 2 is 1.75 bits per heavy atom. The molecule has 7 nitrogen and oxygen atoms in total. The molecule has 1 aliphatic rings. The summed E-state index contributed by atoms with van der Waals surface area (Å²) in [5, 5.41) is 9.85. The van der Waals surface area contributed by atoms with Crippen molar-refractivity contribution in [2.24, 2.45) is 0 Å². The number of carbonyl (C=O) groups is 2. The molecule has 0 unspecified atom stereocenters. The first-order chi connectivity index (χ1) is 15.6. The van der Waals surface area contributed by atoms with Crippen LogP contribution in [0, 0.1) is 0 Å². The van der Waals surface area contributed by atoms with E-state index in [4.69, 9.17) is 0 Å². The molecule has 0 bridgehead atoms. The van der Waals surface area contributed by atoms with E-state index in [0.29, 0.717) is 15.7 Å². The van der Waals surface area contributed by atoms with Gasteiger partial charge in [-0.2, -0.15) is 0 Å². The molecule has 0 radical (unpaired) electrons. The predicted octanol–water partition coefficient (Wildman–Crippen LogP) is 3.78. The van der Waals surface area contributed by atoms with Crippen molar-refractivity contribution in [3.63, 3.8) is 0 Å². The van der Waals surface area contributed by atoms with Gasteiger partial charge in [-0.25, -0.2) is 4.98 Å². The fourth-order valence-electron chi connectivity index (χ4n) is 3.60. The predicted molar refractivity (Wildman–Crippen MR) is 131 cm³/mol. The molecule has 1 fully saturated rings. The van der Waals surface area contributed by atoms with Crippen molar-refractivity contribution in [2.75, 3.05) is 43.4 Å². The van der Waals surface area contributed by atoms with Gasteiger partial charge in [0.2, 0.25) is 5.91 Å². The SMILES string of the molecule is CCN1CCN(Cc2ccc(NC(=O)Cc3csc(NC(=O)c4cccs4)n3)cc2)CC1. The van der Waals surface area contributed by atoms with Crippen LogP contribution in [0.25, 0.3) is 0 Å². The van der Waals surface area contributed by atoms with Crippen molar-refractivity contribution >= 4 is 45.3 Å². The molecule has 4 rings (SSSR count). The monoisotopic (exact) mass is 469 g/mol.